The first kappa shape index (κ1) is 9.76. The Bertz CT molecular complexity index is 510. The predicted octanol–water partition coefficient (Wildman–Crippen LogP) is 1.16. The fourth-order valence-corrected chi connectivity index (χ4v) is 1.55. The van der Waals surface area contributed by atoms with Gasteiger partial charge < -0.3 is 9.30 Å². The first-order valence-corrected chi connectivity index (χ1v) is 4.81. The molecule has 2 aromatic heterocycles. The molecular weight excluding hydrogens is 194 g/mol. The van der Waals surface area contributed by atoms with E-state index in [-0.39, 0.29) is 5.97 Å². The van der Waals surface area contributed by atoms with Gasteiger partial charge in [0.1, 0.15) is 5.69 Å². The van der Waals surface area contributed by atoms with Crippen molar-refractivity contribution in [2.75, 3.05) is 6.61 Å². The van der Waals surface area contributed by atoms with Crippen molar-refractivity contribution in [2.24, 2.45) is 7.05 Å². The van der Waals surface area contributed by atoms with Crippen molar-refractivity contribution < 1.29 is 9.53 Å². The third kappa shape index (κ3) is 1.40. The number of fused-ring (bicyclic) bond motifs is 1. The van der Waals surface area contributed by atoms with Gasteiger partial charge in [-0.1, -0.05) is 0 Å². The average Bonchev–Trinajstić information content (AvgIpc) is 2.70. The average molecular weight is 207 g/mol. The molecule has 0 fully saturated rings. The molecule has 0 radical (unpaired) electrons. The Labute approximate surface area is 87.3 Å². The van der Waals surface area contributed by atoms with E-state index in [0.29, 0.717) is 12.3 Å². The summed E-state index contributed by atoms with van der Waals surface area (Å²) in [6.07, 6.45) is 3.51. The summed E-state index contributed by atoms with van der Waals surface area (Å²) in [5, 5.41) is 0. The summed E-state index contributed by atoms with van der Waals surface area (Å²) in [6, 6.07) is 0. The molecule has 15 heavy (non-hydrogen) atoms. The van der Waals surface area contributed by atoms with Crippen LogP contribution in [0.3, 0.4) is 0 Å². The monoisotopic (exact) mass is 207 g/mol. The minimum Gasteiger partial charge on any atom is -0.461 e. The second-order valence-corrected chi connectivity index (χ2v) is 3.36. The van der Waals surface area contributed by atoms with Crippen molar-refractivity contribution in [1.82, 2.24) is 14.0 Å². The van der Waals surface area contributed by atoms with Crippen molar-refractivity contribution in [1.29, 1.82) is 0 Å². The third-order valence-electron chi connectivity index (χ3n) is 2.36. The summed E-state index contributed by atoms with van der Waals surface area (Å²) in [6.45, 7) is 4.11. The fourth-order valence-electron chi connectivity index (χ4n) is 1.55. The Kier molecular flexibility index (Phi) is 2.22. The number of imidazole rings is 2. The van der Waals surface area contributed by atoms with E-state index in [1.807, 2.05) is 11.3 Å². The van der Waals surface area contributed by atoms with Crippen molar-refractivity contribution in [3.05, 3.63) is 23.8 Å². The van der Waals surface area contributed by atoms with Gasteiger partial charge in [0.25, 0.3) is 0 Å². The Morgan fingerprint density at radius 2 is 2.33 bits per heavy atom. The lowest BCUT2D eigenvalue weighted by molar-refractivity contribution is 0.0515. The highest BCUT2D eigenvalue weighted by Crippen LogP contribution is 2.11. The van der Waals surface area contributed by atoms with Crippen LogP contribution in [0.2, 0.25) is 0 Å². The van der Waals surface area contributed by atoms with Crippen LogP contribution in [0.1, 0.15) is 23.1 Å². The van der Waals surface area contributed by atoms with E-state index in [0.717, 1.165) is 11.5 Å². The SMILES string of the molecule is CCOC(=O)c1cn2c(C)cnc2n1C. The number of carbonyl (C=O) groups excluding carboxylic acids is 1. The number of esters is 1. The second-order valence-electron chi connectivity index (χ2n) is 3.36. The van der Waals surface area contributed by atoms with Crippen LogP contribution in [0, 0.1) is 6.92 Å². The second kappa shape index (κ2) is 3.42. The molecule has 0 saturated heterocycles. The maximum absolute atomic E-state index is 11.6. The van der Waals surface area contributed by atoms with Crippen LogP contribution in [0.25, 0.3) is 5.78 Å². The zero-order chi connectivity index (χ0) is 11.0. The quantitative estimate of drug-likeness (QED) is 0.694. The lowest BCUT2D eigenvalue weighted by Crippen LogP contribution is -2.09. The minimum atomic E-state index is -0.315. The van der Waals surface area contributed by atoms with Gasteiger partial charge in [-0.25, -0.2) is 9.78 Å². The van der Waals surface area contributed by atoms with E-state index in [4.69, 9.17) is 4.74 Å². The summed E-state index contributed by atoms with van der Waals surface area (Å²) in [4.78, 5) is 15.8. The summed E-state index contributed by atoms with van der Waals surface area (Å²) >= 11 is 0. The van der Waals surface area contributed by atoms with Crippen molar-refractivity contribution in [3.63, 3.8) is 0 Å². The van der Waals surface area contributed by atoms with Gasteiger partial charge in [0.15, 0.2) is 0 Å². The summed E-state index contributed by atoms with van der Waals surface area (Å²) in [5.74, 6) is 0.431. The Balaban J connectivity index is 2.53. The highest BCUT2D eigenvalue weighted by Gasteiger charge is 2.15. The van der Waals surface area contributed by atoms with E-state index in [2.05, 4.69) is 4.98 Å². The first-order chi connectivity index (χ1) is 7.15. The number of hydrogen-bond acceptors (Lipinski definition) is 3. The smallest absolute Gasteiger partial charge is 0.356 e. The van der Waals surface area contributed by atoms with Gasteiger partial charge in [0, 0.05) is 18.9 Å². The predicted molar refractivity (Wildman–Crippen MR) is 54.9 cm³/mol. The lowest BCUT2D eigenvalue weighted by atomic mass is 10.4. The van der Waals surface area contributed by atoms with Gasteiger partial charge in [0.2, 0.25) is 5.78 Å². The van der Waals surface area contributed by atoms with Crippen molar-refractivity contribution in [2.45, 2.75) is 13.8 Å². The number of ether oxygens (including phenoxy) is 1. The van der Waals surface area contributed by atoms with Gasteiger partial charge >= 0.3 is 5.97 Å². The molecule has 0 amide bonds. The molecule has 0 unspecified atom stereocenters. The highest BCUT2D eigenvalue weighted by molar-refractivity contribution is 5.88. The molecule has 2 rings (SSSR count). The Morgan fingerprint density at radius 1 is 1.60 bits per heavy atom. The van der Waals surface area contributed by atoms with Crippen molar-refractivity contribution >= 4 is 11.7 Å². The molecule has 80 valence electrons. The standard InChI is InChI=1S/C10H13N3O2/c1-4-15-9(14)8-6-13-7(2)5-11-10(13)12(8)3/h5-6H,4H2,1-3H3. The Hall–Kier alpha value is -1.78. The molecule has 2 heterocycles. The maximum Gasteiger partial charge on any atom is 0.356 e. The van der Waals surface area contributed by atoms with Gasteiger partial charge in [0.05, 0.1) is 12.8 Å². The molecule has 0 aliphatic carbocycles. The van der Waals surface area contributed by atoms with E-state index in [1.165, 1.54) is 0 Å². The molecule has 0 aromatic carbocycles. The van der Waals surface area contributed by atoms with Gasteiger partial charge in [-0.05, 0) is 13.8 Å². The largest absolute Gasteiger partial charge is 0.461 e. The number of aryl methyl sites for hydroxylation is 2. The van der Waals surface area contributed by atoms with Crippen LogP contribution in [-0.2, 0) is 11.8 Å². The molecule has 0 saturated carbocycles. The van der Waals surface area contributed by atoms with E-state index in [9.17, 15) is 4.79 Å². The molecule has 0 atom stereocenters. The molecule has 5 heteroatoms. The molecular formula is C10H13N3O2. The normalized spacial score (nSPS) is 10.9. The number of carbonyl (C=O) groups is 1. The molecule has 2 aromatic rings. The molecule has 0 aliphatic heterocycles. The van der Waals surface area contributed by atoms with E-state index < -0.39 is 0 Å². The zero-order valence-corrected chi connectivity index (χ0v) is 9.02. The van der Waals surface area contributed by atoms with Crippen LogP contribution in [0.15, 0.2) is 12.4 Å². The number of aromatic nitrogens is 3. The molecule has 0 aliphatic rings. The minimum absolute atomic E-state index is 0.315. The van der Waals surface area contributed by atoms with Crippen LogP contribution < -0.4 is 0 Å². The van der Waals surface area contributed by atoms with E-state index in [1.54, 1.807) is 30.9 Å². The zero-order valence-electron chi connectivity index (χ0n) is 9.02. The van der Waals surface area contributed by atoms with Crippen LogP contribution >= 0.6 is 0 Å². The summed E-state index contributed by atoms with van der Waals surface area (Å²) < 4.78 is 8.54. The van der Waals surface area contributed by atoms with Gasteiger partial charge in [-0.2, -0.15) is 0 Å². The summed E-state index contributed by atoms with van der Waals surface area (Å²) in [5.41, 5.74) is 1.51. The molecule has 0 spiro atoms. The van der Waals surface area contributed by atoms with Gasteiger partial charge in [-0.15, -0.1) is 0 Å². The lowest BCUT2D eigenvalue weighted by Gasteiger charge is -2.00. The number of rotatable bonds is 2. The first-order valence-electron chi connectivity index (χ1n) is 4.81. The molecule has 0 N–H and O–H groups in total. The fraction of sp³-hybridized carbons (Fsp3) is 0.400. The van der Waals surface area contributed by atoms with Crippen LogP contribution in [0.5, 0.6) is 0 Å². The molecule has 5 nitrogen and oxygen atoms in total. The van der Waals surface area contributed by atoms with Crippen LogP contribution in [0.4, 0.5) is 0 Å². The molecule has 0 bridgehead atoms. The highest BCUT2D eigenvalue weighted by atomic mass is 16.5. The van der Waals surface area contributed by atoms with Gasteiger partial charge in [-0.3, -0.25) is 4.40 Å². The number of hydrogen-bond donors (Lipinski definition) is 0. The maximum atomic E-state index is 11.6. The van der Waals surface area contributed by atoms with Crippen molar-refractivity contribution in [3.8, 4) is 0 Å². The van der Waals surface area contributed by atoms with Crippen LogP contribution in [-0.4, -0.2) is 26.5 Å². The third-order valence-corrected chi connectivity index (χ3v) is 2.36. The van der Waals surface area contributed by atoms with E-state index >= 15 is 0 Å². The topological polar surface area (TPSA) is 48.5 Å². The number of nitrogens with zero attached hydrogens (tertiary/aromatic N) is 3. The Morgan fingerprint density at radius 3 is 2.93 bits per heavy atom. The summed E-state index contributed by atoms with van der Waals surface area (Å²) in [7, 11) is 1.80.